The van der Waals surface area contributed by atoms with E-state index in [1.54, 1.807) is 0 Å². The Hall–Kier alpha value is -1.78. The van der Waals surface area contributed by atoms with E-state index >= 15 is 0 Å². The summed E-state index contributed by atoms with van der Waals surface area (Å²) in [6.07, 6.45) is 1.97. The third-order valence-electron chi connectivity index (χ3n) is 2.96. The van der Waals surface area contributed by atoms with Crippen LogP contribution in [0, 0.1) is 0 Å². The number of benzene rings is 2. The predicted molar refractivity (Wildman–Crippen MR) is 98.6 cm³/mol. The number of hydrogen-bond acceptors (Lipinski definition) is 4. The zero-order valence-electron chi connectivity index (χ0n) is 12.8. The molecule has 114 valence electrons. The first-order chi connectivity index (χ1) is 10.8. The van der Waals surface area contributed by atoms with E-state index in [4.69, 9.17) is 11.6 Å². The van der Waals surface area contributed by atoms with Crippen LogP contribution in [0.2, 0.25) is 5.02 Å². The van der Waals surface area contributed by atoms with Crippen molar-refractivity contribution in [3.8, 4) is 0 Å². The lowest BCUT2D eigenvalue weighted by Crippen LogP contribution is -2.14. The predicted octanol–water partition coefficient (Wildman–Crippen LogP) is 5.07. The molecule has 1 aliphatic heterocycles. The number of amidine groups is 1. The van der Waals surface area contributed by atoms with Gasteiger partial charge in [-0.3, -0.25) is 5.43 Å². The van der Waals surface area contributed by atoms with Crippen LogP contribution in [0.25, 0.3) is 0 Å². The lowest BCUT2D eigenvalue weighted by molar-refractivity contribution is 1.05. The summed E-state index contributed by atoms with van der Waals surface area (Å²) in [5.74, 6) is 0. The van der Waals surface area contributed by atoms with Gasteiger partial charge in [0.15, 0.2) is 5.17 Å². The van der Waals surface area contributed by atoms with Crippen molar-refractivity contribution in [2.24, 2.45) is 10.1 Å². The van der Waals surface area contributed by atoms with Gasteiger partial charge in [0.2, 0.25) is 0 Å². The van der Waals surface area contributed by atoms with E-state index in [2.05, 4.69) is 15.5 Å². The molecule has 1 N–H and O–H groups in total. The van der Waals surface area contributed by atoms with Crippen molar-refractivity contribution in [1.82, 2.24) is 5.43 Å². The Morgan fingerprint density at radius 2 is 1.68 bits per heavy atom. The van der Waals surface area contributed by atoms with Gasteiger partial charge < -0.3 is 0 Å². The minimum absolute atomic E-state index is 0.713. The van der Waals surface area contributed by atoms with Gasteiger partial charge in [0.25, 0.3) is 0 Å². The first-order valence-corrected chi connectivity index (χ1v) is 8.70. The lowest BCUT2D eigenvalue weighted by atomic mass is 10.0. The average molecular weight is 332 g/mol. The molecule has 0 saturated heterocycles. The summed E-state index contributed by atoms with van der Waals surface area (Å²) < 4.78 is 0. The Balaban J connectivity index is 0.000000847. The molecule has 3 rings (SSSR count). The highest BCUT2D eigenvalue weighted by Gasteiger charge is 2.15. The Morgan fingerprint density at radius 3 is 2.36 bits per heavy atom. The number of rotatable bonds is 1. The highest BCUT2D eigenvalue weighted by atomic mass is 35.5. The highest BCUT2D eigenvalue weighted by Crippen LogP contribution is 2.26. The van der Waals surface area contributed by atoms with Gasteiger partial charge in [-0.15, -0.1) is 0 Å². The summed E-state index contributed by atoms with van der Waals surface area (Å²) >= 11 is 7.48. The molecular formula is C17H18ClN3S. The summed E-state index contributed by atoms with van der Waals surface area (Å²) in [5.41, 5.74) is 6.80. The third-order valence-corrected chi connectivity index (χ3v) is 3.78. The molecule has 1 heterocycles. The van der Waals surface area contributed by atoms with Crippen LogP contribution >= 0.6 is 23.4 Å². The molecule has 0 amide bonds. The third kappa shape index (κ3) is 3.70. The van der Waals surface area contributed by atoms with E-state index in [0.717, 1.165) is 27.7 Å². The molecule has 2 aromatic carbocycles. The van der Waals surface area contributed by atoms with Gasteiger partial charge >= 0.3 is 0 Å². The number of nitrogens with zero attached hydrogens (tertiary/aromatic N) is 2. The van der Waals surface area contributed by atoms with E-state index < -0.39 is 0 Å². The fourth-order valence-corrected chi connectivity index (χ4v) is 2.44. The van der Waals surface area contributed by atoms with Crippen LogP contribution in [-0.4, -0.2) is 17.1 Å². The van der Waals surface area contributed by atoms with Crippen LogP contribution in [0.15, 0.2) is 58.6 Å². The van der Waals surface area contributed by atoms with Crippen molar-refractivity contribution >= 4 is 39.9 Å². The Kier molecular flexibility index (Phi) is 6.04. The van der Waals surface area contributed by atoms with Crippen LogP contribution in [0.1, 0.15) is 25.0 Å². The molecule has 0 aliphatic carbocycles. The first kappa shape index (κ1) is 16.6. The standard InChI is InChI=1S/C15H12ClN3S.C2H6/c1-20-15-17-13-5-3-2-4-12(13)14(18-19-15)10-6-8-11(16)9-7-10;1-2/h2-9H,1H3,(H,17,19);1-2H3. The summed E-state index contributed by atoms with van der Waals surface area (Å²) in [4.78, 5) is 4.58. The summed E-state index contributed by atoms with van der Waals surface area (Å²) in [6, 6.07) is 15.6. The second-order valence-corrected chi connectivity index (χ2v) is 5.45. The summed E-state index contributed by atoms with van der Waals surface area (Å²) in [6.45, 7) is 4.00. The van der Waals surface area contributed by atoms with Crippen LogP contribution in [-0.2, 0) is 0 Å². The van der Waals surface area contributed by atoms with Gasteiger partial charge in [0.1, 0.15) is 0 Å². The van der Waals surface area contributed by atoms with E-state index in [1.165, 1.54) is 11.8 Å². The van der Waals surface area contributed by atoms with Gasteiger partial charge in [-0.25, -0.2) is 4.99 Å². The van der Waals surface area contributed by atoms with Gasteiger partial charge in [-0.2, -0.15) is 5.10 Å². The van der Waals surface area contributed by atoms with Crippen molar-refractivity contribution in [2.75, 3.05) is 6.26 Å². The van der Waals surface area contributed by atoms with E-state index in [-0.39, 0.29) is 0 Å². The lowest BCUT2D eigenvalue weighted by Gasteiger charge is -2.07. The zero-order valence-corrected chi connectivity index (χ0v) is 14.4. The van der Waals surface area contributed by atoms with Gasteiger partial charge in [0, 0.05) is 16.1 Å². The molecule has 0 saturated carbocycles. The molecule has 0 radical (unpaired) electrons. The first-order valence-electron chi connectivity index (χ1n) is 7.09. The number of fused-ring (bicyclic) bond motifs is 1. The SMILES string of the molecule is CC.CSC1=Nc2ccccc2C(c2ccc(Cl)cc2)=NN1. The van der Waals surface area contributed by atoms with Crippen molar-refractivity contribution in [1.29, 1.82) is 0 Å². The minimum atomic E-state index is 0.713. The number of hydrogen-bond donors (Lipinski definition) is 1. The number of halogens is 1. The monoisotopic (exact) mass is 331 g/mol. The van der Waals surface area contributed by atoms with Crippen molar-refractivity contribution < 1.29 is 0 Å². The quantitative estimate of drug-likeness (QED) is 0.791. The van der Waals surface area contributed by atoms with Crippen LogP contribution < -0.4 is 5.43 Å². The minimum Gasteiger partial charge on any atom is -0.255 e. The molecule has 0 aromatic heterocycles. The van der Waals surface area contributed by atoms with Crippen LogP contribution in [0.5, 0.6) is 0 Å². The topological polar surface area (TPSA) is 36.8 Å². The van der Waals surface area contributed by atoms with Crippen molar-refractivity contribution in [2.45, 2.75) is 13.8 Å². The molecule has 0 bridgehead atoms. The smallest absolute Gasteiger partial charge is 0.182 e. The van der Waals surface area contributed by atoms with E-state index in [9.17, 15) is 0 Å². The molecule has 0 spiro atoms. The Morgan fingerprint density at radius 1 is 1.00 bits per heavy atom. The molecule has 0 atom stereocenters. The molecule has 3 nitrogen and oxygen atoms in total. The second-order valence-electron chi connectivity index (χ2n) is 4.22. The average Bonchev–Trinajstić information content (AvgIpc) is 2.77. The maximum absolute atomic E-state index is 5.95. The maximum Gasteiger partial charge on any atom is 0.182 e. The molecule has 2 aromatic rings. The normalized spacial score (nSPS) is 12.7. The summed E-state index contributed by atoms with van der Waals surface area (Å²) in [7, 11) is 0. The Bertz CT molecular complexity index is 693. The molecule has 22 heavy (non-hydrogen) atoms. The highest BCUT2D eigenvalue weighted by molar-refractivity contribution is 8.13. The molecule has 0 unspecified atom stereocenters. The molecular weight excluding hydrogens is 314 g/mol. The number of nitrogens with one attached hydrogen (secondary N) is 1. The van der Waals surface area contributed by atoms with Gasteiger partial charge in [-0.1, -0.05) is 67.5 Å². The van der Waals surface area contributed by atoms with Crippen LogP contribution in [0.4, 0.5) is 5.69 Å². The summed E-state index contributed by atoms with van der Waals surface area (Å²) in [5, 5.41) is 5.98. The number of hydrazone groups is 1. The largest absolute Gasteiger partial charge is 0.255 e. The zero-order chi connectivity index (χ0) is 15.9. The van der Waals surface area contributed by atoms with Crippen molar-refractivity contribution in [3.63, 3.8) is 0 Å². The van der Waals surface area contributed by atoms with Gasteiger partial charge in [-0.05, 0) is 24.5 Å². The van der Waals surface area contributed by atoms with E-state index in [1.807, 2.05) is 68.6 Å². The van der Waals surface area contributed by atoms with Gasteiger partial charge in [0.05, 0.1) is 11.4 Å². The molecule has 5 heteroatoms. The molecule has 0 fully saturated rings. The van der Waals surface area contributed by atoms with Crippen molar-refractivity contribution in [3.05, 3.63) is 64.7 Å². The number of para-hydroxylation sites is 1. The second kappa shape index (κ2) is 8.01. The fourth-order valence-electron chi connectivity index (χ4n) is 1.99. The van der Waals surface area contributed by atoms with Crippen LogP contribution in [0.3, 0.4) is 0 Å². The Labute approximate surface area is 140 Å². The number of aliphatic imine (C=N–C) groups is 1. The molecule has 1 aliphatic rings. The fraction of sp³-hybridized carbons (Fsp3) is 0.176. The number of thioether (sulfide) groups is 1. The van der Waals surface area contributed by atoms with E-state index in [0.29, 0.717) is 5.02 Å². The maximum atomic E-state index is 5.95.